The van der Waals surface area contributed by atoms with Crippen LogP contribution >= 0.6 is 0 Å². The van der Waals surface area contributed by atoms with E-state index >= 15 is 0 Å². The van der Waals surface area contributed by atoms with Gasteiger partial charge in [-0.1, -0.05) is 0 Å². The minimum Gasteiger partial charge on any atom is -0.463 e. The van der Waals surface area contributed by atoms with Crippen LogP contribution in [0.1, 0.15) is 25.7 Å². The molecule has 3 heterocycles. The Bertz CT molecular complexity index is 534. The minimum atomic E-state index is -0.144. The lowest BCUT2D eigenvalue weighted by molar-refractivity contribution is -0.189. The van der Waals surface area contributed by atoms with Crippen molar-refractivity contribution in [3.05, 3.63) is 18.5 Å². The van der Waals surface area contributed by atoms with Gasteiger partial charge in [0.05, 0.1) is 32.7 Å². The van der Waals surface area contributed by atoms with Gasteiger partial charge in [0.1, 0.15) is 5.60 Å². The highest BCUT2D eigenvalue weighted by Crippen LogP contribution is 2.38. The standard InChI is InChI=1S/C17H25N3O4/c1-22-8-5-15(21)20-12-17(13-20)11-14(4-10-24-17)3-9-23-16-18-6-2-7-19-16/h2,6-7,14H,3-5,8-13H2,1H3/t14-/m1/s1. The van der Waals surface area contributed by atoms with E-state index in [1.54, 1.807) is 25.6 Å². The van der Waals surface area contributed by atoms with Crippen LogP contribution in [0, 0.1) is 5.92 Å². The number of methoxy groups -OCH3 is 1. The van der Waals surface area contributed by atoms with Gasteiger partial charge in [-0.05, 0) is 31.2 Å². The summed E-state index contributed by atoms with van der Waals surface area (Å²) in [4.78, 5) is 22.0. The second-order valence-corrected chi connectivity index (χ2v) is 6.55. The Kier molecular flexibility index (Phi) is 5.63. The predicted molar refractivity (Wildman–Crippen MR) is 86.6 cm³/mol. The molecule has 132 valence electrons. The van der Waals surface area contributed by atoms with Crippen molar-refractivity contribution in [2.24, 2.45) is 5.92 Å². The second-order valence-electron chi connectivity index (χ2n) is 6.55. The van der Waals surface area contributed by atoms with Crippen LogP contribution in [0.2, 0.25) is 0 Å². The van der Waals surface area contributed by atoms with E-state index in [0.717, 1.165) is 25.9 Å². The number of hydrogen-bond donors (Lipinski definition) is 0. The number of carbonyl (C=O) groups excluding carboxylic acids is 1. The molecular formula is C17H25N3O4. The van der Waals surface area contributed by atoms with Crippen molar-refractivity contribution in [1.29, 1.82) is 0 Å². The van der Waals surface area contributed by atoms with Crippen LogP contribution < -0.4 is 4.74 Å². The largest absolute Gasteiger partial charge is 0.463 e. The predicted octanol–water partition coefficient (Wildman–Crippen LogP) is 1.29. The minimum absolute atomic E-state index is 0.144. The maximum Gasteiger partial charge on any atom is 0.316 e. The van der Waals surface area contributed by atoms with Gasteiger partial charge >= 0.3 is 6.01 Å². The number of rotatable bonds is 7. The van der Waals surface area contributed by atoms with Crippen LogP contribution in [0.25, 0.3) is 0 Å². The van der Waals surface area contributed by atoms with Crippen LogP contribution in [0.15, 0.2) is 18.5 Å². The number of ether oxygens (including phenoxy) is 3. The van der Waals surface area contributed by atoms with E-state index in [4.69, 9.17) is 14.2 Å². The molecule has 0 bridgehead atoms. The fraction of sp³-hybridized carbons (Fsp3) is 0.706. The molecule has 3 rings (SSSR count). The summed E-state index contributed by atoms with van der Waals surface area (Å²) in [5.41, 5.74) is -0.144. The molecule has 0 saturated carbocycles. The van der Waals surface area contributed by atoms with Gasteiger partial charge < -0.3 is 19.1 Å². The van der Waals surface area contributed by atoms with Gasteiger partial charge in [-0.15, -0.1) is 0 Å². The molecule has 0 aromatic carbocycles. The van der Waals surface area contributed by atoms with Crippen LogP contribution in [0.3, 0.4) is 0 Å². The highest BCUT2D eigenvalue weighted by molar-refractivity contribution is 5.77. The van der Waals surface area contributed by atoms with Gasteiger partial charge in [0.2, 0.25) is 5.91 Å². The summed E-state index contributed by atoms with van der Waals surface area (Å²) in [6.07, 6.45) is 6.78. The molecule has 2 saturated heterocycles. The molecule has 2 fully saturated rings. The molecule has 0 unspecified atom stereocenters. The first kappa shape index (κ1) is 17.1. The molecule has 7 nitrogen and oxygen atoms in total. The first-order valence-corrected chi connectivity index (χ1v) is 8.51. The molecule has 24 heavy (non-hydrogen) atoms. The average Bonchev–Trinajstić information content (AvgIpc) is 2.58. The second kappa shape index (κ2) is 7.90. The maximum atomic E-state index is 12.0. The van der Waals surface area contributed by atoms with E-state index in [0.29, 0.717) is 44.7 Å². The quantitative estimate of drug-likeness (QED) is 0.747. The van der Waals surface area contributed by atoms with Crippen molar-refractivity contribution in [3.8, 4) is 6.01 Å². The van der Waals surface area contributed by atoms with Crippen LogP contribution in [0.5, 0.6) is 6.01 Å². The van der Waals surface area contributed by atoms with Gasteiger partial charge in [0.25, 0.3) is 0 Å². The average molecular weight is 335 g/mol. The molecule has 1 atom stereocenters. The zero-order chi connectivity index (χ0) is 16.8. The zero-order valence-electron chi connectivity index (χ0n) is 14.1. The van der Waals surface area contributed by atoms with Gasteiger partial charge in [-0.25, -0.2) is 9.97 Å². The Morgan fingerprint density at radius 1 is 1.38 bits per heavy atom. The van der Waals surface area contributed by atoms with Crippen LogP contribution in [-0.4, -0.2) is 66.4 Å². The number of nitrogens with zero attached hydrogens (tertiary/aromatic N) is 3. The van der Waals surface area contributed by atoms with E-state index in [-0.39, 0.29) is 11.5 Å². The Morgan fingerprint density at radius 2 is 2.17 bits per heavy atom. The van der Waals surface area contributed by atoms with Gasteiger partial charge in [0, 0.05) is 26.1 Å². The third-order valence-electron chi connectivity index (χ3n) is 4.73. The SMILES string of the molecule is COCCC(=O)N1CC2(C[C@H](CCOc3ncccn3)CCO2)C1. The van der Waals surface area contributed by atoms with Crippen molar-refractivity contribution in [2.45, 2.75) is 31.3 Å². The molecule has 0 N–H and O–H groups in total. The lowest BCUT2D eigenvalue weighted by atomic mass is 9.79. The molecule has 1 spiro atoms. The monoisotopic (exact) mass is 335 g/mol. The highest BCUT2D eigenvalue weighted by Gasteiger charge is 2.48. The summed E-state index contributed by atoms with van der Waals surface area (Å²) in [5.74, 6) is 0.705. The zero-order valence-corrected chi connectivity index (χ0v) is 14.1. The van der Waals surface area contributed by atoms with Crippen molar-refractivity contribution in [1.82, 2.24) is 14.9 Å². The van der Waals surface area contributed by atoms with E-state index in [9.17, 15) is 4.79 Å². The Balaban J connectivity index is 1.40. The molecule has 2 aliphatic rings. The van der Waals surface area contributed by atoms with E-state index in [1.807, 2.05) is 4.90 Å². The van der Waals surface area contributed by atoms with Crippen molar-refractivity contribution < 1.29 is 19.0 Å². The Labute approximate surface area is 142 Å². The van der Waals surface area contributed by atoms with Gasteiger partial charge in [-0.3, -0.25) is 4.79 Å². The molecule has 1 aromatic heterocycles. The summed E-state index contributed by atoms with van der Waals surface area (Å²) in [6, 6.07) is 2.20. The number of likely N-dealkylation sites (tertiary alicyclic amines) is 1. The summed E-state index contributed by atoms with van der Waals surface area (Å²) in [7, 11) is 1.61. The summed E-state index contributed by atoms with van der Waals surface area (Å²) < 4.78 is 16.5. The molecule has 1 amide bonds. The van der Waals surface area contributed by atoms with Crippen molar-refractivity contribution >= 4 is 5.91 Å². The number of amides is 1. The fourth-order valence-corrected chi connectivity index (χ4v) is 3.45. The van der Waals surface area contributed by atoms with E-state index < -0.39 is 0 Å². The first-order valence-electron chi connectivity index (χ1n) is 8.51. The number of hydrogen-bond acceptors (Lipinski definition) is 6. The molecular weight excluding hydrogens is 310 g/mol. The summed E-state index contributed by atoms with van der Waals surface area (Å²) in [5, 5.41) is 0. The first-order chi connectivity index (χ1) is 11.7. The molecule has 0 aliphatic carbocycles. The number of carbonyl (C=O) groups is 1. The number of aromatic nitrogens is 2. The third-order valence-corrected chi connectivity index (χ3v) is 4.73. The topological polar surface area (TPSA) is 73.8 Å². The van der Waals surface area contributed by atoms with Crippen molar-refractivity contribution in [2.75, 3.05) is 40.0 Å². The molecule has 2 aliphatic heterocycles. The lowest BCUT2D eigenvalue weighted by Crippen LogP contribution is -2.66. The van der Waals surface area contributed by atoms with Crippen LogP contribution in [-0.2, 0) is 14.3 Å². The summed E-state index contributed by atoms with van der Waals surface area (Å²) in [6.45, 7) is 3.25. The molecule has 1 aromatic rings. The third kappa shape index (κ3) is 4.21. The lowest BCUT2D eigenvalue weighted by Gasteiger charge is -2.53. The normalized spacial score (nSPS) is 22.2. The molecule has 7 heteroatoms. The Hall–Kier alpha value is -1.73. The molecule has 0 radical (unpaired) electrons. The van der Waals surface area contributed by atoms with E-state index in [1.165, 1.54) is 0 Å². The highest BCUT2D eigenvalue weighted by atomic mass is 16.5. The van der Waals surface area contributed by atoms with Crippen LogP contribution in [0.4, 0.5) is 0 Å². The van der Waals surface area contributed by atoms with Gasteiger partial charge in [0.15, 0.2) is 0 Å². The van der Waals surface area contributed by atoms with Crippen molar-refractivity contribution in [3.63, 3.8) is 0 Å². The summed E-state index contributed by atoms with van der Waals surface area (Å²) >= 11 is 0. The van der Waals surface area contributed by atoms with Gasteiger partial charge in [-0.2, -0.15) is 0 Å². The van der Waals surface area contributed by atoms with E-state index in [2.05, 4.69) is 9.97 Å². The smallest absolute Gasteiger partial charge is 0.316 e. The Morgan fingerprint density at radius 3 is 2.92 bits per heavy atom. The maximum absolute atomic E-state index is 12.0. The fourth-order valence-electron chi connectivity index (χ4n) is 3.45.